The monoisotopic (exact) mass is 296 g/mol. The molecule has 2 atom stereocenters. The zero-order valence-corrected chi connectivity index (χ0v) is 13.7. The summed E-state index contributed by atoms with van der Waals surface area (Å²) in [6, 6.07) is 0. The first kappa shape index (κ1) is 15.5. The minimum absolute atomic E-state index is 0.478. The predicted octanol–water partition coefficient (Wildman–Crippen LogP) is 4.75. The third-order valence-corrected chi connectivity index (χ3v) is 7.56. The molecule has 2 unspecified atom stereocenters. The molecule has 1 saturated carbocycles. The molecule has 0 aromatic rings. The van der Waals surface area contributed by atoms with Crippen molar-refractivity contribution in [3.8, 4) is 0 Å². The second kappa shape index (κ2) is 7.75. The Morgan fingerprint density at radius 2 is 1.38 bits per heavy atom. The summed E-state index contributed by atoms with van der Waals surface area (Å²) >= 11 is 13.3. The fourth-order valence-corrected chi connectivity index (χ4v) is 5.40. The van der Waals surface area contributed by atoms with Crippen molar-refractivity contribution in [1.29, 1.82) is 0 Å². The summed E-state index contributed by atoms with van der Waals surface area (Å²) in [5.41, 5.74) is 0. The van der Waals surface area contributed by atoms with Gasteiger partial charge in [-0.2, -0.15) is 25.3 Å². The van der Waals surface area contributed by atoms with Gasteiger partial charge in [-0.3, -0.25) is 0 Å². The summed E-state index contributed by atoms with van der Waals surface area (Å²) in [5.74, 6) is 2.36. The maximum atomic E-state index is 4.50. The summed E-state index contributed by atoms with van der Waals surface area (Å²) in [7, 11) is 0. The van der Waals surface area contributed by atoms with Gasteiger partial charge >= 0.3 is 0 Å². The lowest BCUT2D eigenvalue weighted by atomic mass is 10.00. The Balaban J connectivity index is 2.45. The highest BCUT2D eigenvalue weighted by Gasteiger charge is 2.33. The van der Waals surface area contributed by atoms with Crippen molar-refractivity contribution >= 4 is 48.8 Å². The molecule has 1 aliphatic rings. The molecule has 0 aliphatic heterocycles. The van der Waals surface area contributed by atoms with Crippen molar-refractivity contribution in [2.24, 2.45) is 0 Å². The van der Waals surface area contributed by atoms with Gasteiger partial charge in [-0.15, -0.1) is 23.5 Å². The van der Waals surface area contributed by atoms with Gasteiger partial charge < -0.3 is 0 Å². The number of hydrogen-bond donors (Lipinski definition) is 2. The lowest BCUT2D eigenvalue weighted by Crippen LogP contribution is -2.26. The fourth-order valence-electron chi connectivity index (χ4n) is 1.97. The molecule has 0 bridgehead atoms. The van der Waals surface area contributed by atoms with Gasteiger partial charge in [-0.1, -0.05) is 33.1 Å². The Morgan fingerprint density at radius 3 is 1.75 bits per heavy atom. The maximum absolute atomic E-state index is 4.50. The van der Waals surface area contributed by atoms with Crippen LogP contribution in [-0.4, -0.2) is 26.1 Å². The van der Waals surface area contributed by atoms with Crippen LogP contribution in [0.1, 0.15) is 46.0 Å². The van der Waals surface area contributed by atoms with E-state index in [1.807, 2.05) is 0 Å². The molecule has 0 heterocycles. The highest BCUT2D eigenvalue weighted by atomic mass is 32.2. The molecule has 0 aromatic heterocycles. The average molecular weight is 297 g/mol. The van der Waals surface area contributed by atoms with Crippen molar-refractivity contribution < 1.29 is 0 Å². The Hall–Kier alpha value is 1.40. The Labute approximate surface area is 120 Å². The second-order valence-corrected chi connectivity index (χ2v) is 9.62. The van der Waals surface area contributed by atoms with Gasteiger partial charge in [0.15, 0.2) is 0 Å². The summed E-state index contributed by atoms with van der Waals surface area (Å²) < 4.78 is 0.478. The topological polar surface area (TPSA) is 0 Å². The summed E-state index contributed by atoms with van der Waals surface area (Å²) in [5, 5.41) is 1.02. The van der Waals surface area contributed by atoms with E-state index < -0.39 is 0 Å². The van der Waals surface area contributed by atoms with E-state index in [0.29, 0.717) is 14.6 Å². The van der Waals surface area contributed by atoms with E-state index in [1.165, 1.54) is 43.6 Å². The van der Waals surface area contributed by atoms with Crippen LogP contribution >= 0.6 is 48.8 Å². The maximum Gasteiger partial charge on any atom is 0.0611 e. The van der Waals surface area contributed by atoms with E-state index >= 15 is 0 Å². The molecule has 0 spiro atoms. The van der Waals surface area contributed by atoms with Crippen molar-refractivity contribution in [1.82, 2.24) is 0 Å². The van der Waals surface area contributed by atoms with Gasteiger partial charge in [0, 0.05) is 22.0 Å². The van der Waals surface area contributed by atoms with E-state index in [9.17, 15) is 0 Å². The zero-order chi connectivity index (χ0) is 12.0. The second-order valence-electron chi connectivity index (χ2n) is 4.79. The van der Waals surface area contributed by atoms with Crippen molar-refractivity contribution in [3.05, 3.63) is 0 Å². The van der Waals surface area contributed by atoms with Crippen LogP contribution in [0.15, 0.2) is 0 Å². The van der Waals surface area contributed by atoms with Crippen LogP contribution in [0.25, 0.3) is 0 Å². The molecule has 1 fully saturated rings. The van der Waals surface area contributed by atoms with E-state index in [2.05, 4.69) is 62.6 Å². The van der Waals surface area contributed by atoms with E-state index in [-0.39, 0.29) is 0 Å². The van der Waals surface area contributed by atoms with Gasteiger partial charge in [0.05, 0.1) is 4.08 Å². The third-order valence-electron chi connectivity index (χ3n) is 2.79. The largest absolute Gasteiger partial charge is 0.175 e. The first-order chi connectivity index (χ1) is 7.54. The molecule has 0 saturated heterocycles. The van der Waals surface area contributed by atoms with Crippen LogP contribution < -0.4 is 0 Å². The summed E-state index contributed by atoms with van der Waals surface area (Å²) in [6.45, 7) is 4.39. The standard InChI is InChI=1S/C12H24S4/c1-10(13)8-15-12(16-9-11(2)14)6-4-3-5-7-12/h10-11,13-14H,3-9H2,1-2H3. The van der Waals surface area contributed by atoms with E-state index in [1.54, 1.807) is 0 Å². The minimum atomic E-state index is 0.478. The summed E-state index contributed by atoms with van der Waals surface area (Å²) in [4.78, 5) is 0. The molecule has 0 nitrogen and oxygen atoms in total. The Bertz CT molecular complexity index is 171. The van der Waals surface area contributed by atoms with Crippen LogP contribution in [0.3, 0.4) is 0 Å². The molecule has 0 amide bonds. The molecule has 1 rings (SSSR count). The van der Waals surface area contributed by atoms with Crippen molar-refractivity contribution in [3.63, 3.8) is 0 Å². The first-order valence-electron chi connectivity index (χ1n) is 6.18. The fraction of sp³-hybridized carbons (Fsp3) is 1.00. The third kappa shape index (κ3) is 5.83. The number of thiol groups is 2. The average Bonchev–Trinajstić information content (AvgIpc) is 2.25. The molecule has 0 radical (unpaired) electrons. The van der Waals surface area contributed by atoms with Crippen LogP contribution in [-0.2, 0) is 0 Å². The van der Waals surface area contributed by atoms with Gasteiger partial charge in [0.2, 0.25) is 0 Å². The molecule has 96 valence electrons. The highest BCUT2D eigenvalue weighted by Crippen LogP contribution is 2.49. The lowest BCUT2D eigenvalue weighted by molar-refractivity contribution is 0.490. The van der Waals surface area contributed by atoms with Gasteiger partial charge in [0.25, 0.3) is 0 Å². The molecule has 1 aliphatic carbocycles. The molecular weight excluding hydrogens is 272 g/mol. The molecule has 0 aromatic carbocycles. The van der Waals surface area contributed by atoms with Crippen LogP contribution in [0, 0.1) is 0 Å². The van der Waals surface area contributed by atoms with Crippen molar-refractivity contribution in [2.45, 2.75) is 60.5 Å². The molecular formula is C12H24S4. The SMILES string of the molecule is CC(S)CSC1(SCC(C)S)CCCCC1. The van der Waals surface area contributed by atoms with E-state index in [0.717, 1.165) is 0 Å². The predicted molar refractivity (Wildman–Crippen MR) is 87.6 cm³/mol. The quantitative estimate of drug-likeness (QED) is 0.536. The van der Waals surface area contributed by atoms with Gasteiger partial charge in [-0.05, 0) is 12.8 Å². The van der Waals surface area contributed by atoms with Crippen LogP contribution in [0.2, 0.25) is 0 Å². The van der Waals surface area contributed by atoms with E-state index in [4.69, 9.17) is 0 Å². The van der Waals surface area contributed by atoms with Gasteiger partial charge in [0.1, 0.15) is 0 Å². The highest BCUT2D eigenvalue weighted by molar-refractivity contribution is 8.18. The first-order valence-corrected chi connectivity index (χ1v) is 9.18. The zero-order valence-electron chi connectivity index (χ0n) is 10.3. The van der Waals surface area contributed by atoms with Crippen LogP contribution in [0.4, 0.5) is 0 Å². The normalized spacial score (nSPS) is 24.0. The number of hydrogen-bond acceptors (Lipinski definition) is 4. The molecule has 0 N–H and O–H groups in total. The molecule has 16 heavy (non-hydrogen) atoms. The number of rotatable bonds is 6. The van der Waals surface area contributed by atoms with Crippen molar-refractivity contribution in [2.75, 3.05) is 11.5 Å². The minimum Gasteiger partial charge on any atom is -0.175 e. The Kier molecular flexibility index (Phi) is 7.49. The molecule has 4 heteroatoms. The summed E-state index contributed by atoms with van der Waals surface area (Å²) in [6.07, 6.45) is 6.99. The Morgan fingerprint density at radius 1 is 0.938 bits per heavy atom. The lowest BCUT2D eigenvalue weighted by Gasteiger charge is -2.37. The van der Waals surface area contributed by atoms with Gasteiger partial charge in [-0.25, -0.2) is 0 Å². The van der Waals surface area contributed by atoms with Crippen LogP contribution in [0.5, 0.6) is 0 Å². The number of thioether (sulfide) groups is 2. The smallest absolute Gasteiger partial charge is 0.0611 e.